The third kappa shape index (κ3) is 3.83. The van der Waals surface area contributed by atoms with Gasteiger partial charge < -0.3 is 9.80 Å². The zero-order valence-electron chi connectivity index (χ0n) is 16.1. The van der Waals surface area contributed by atoms with Gasteiger partial charge in [0, 0.05) is 6.42 Å². The number of aromatic nitrogens is 4. The van der Waals surface area contributed by atoms with Gasteiger partial charge in [-0.25, -0.2) is 9.07 Å². The number of piperazine rings is 1. The highest BCUT2D eigenvalue weighted by molar-refractivity contribution is 5.47. The number of rotatable bonds is 6. The second kappa shape index (κ2) is 8.33. The Morgan fingerprint density at radius 1 is 1.19 bits per heavy atom. The van der Waals surface area contributed by atoms with Crippen molar-refractivity contribution in [3.8, 4) is 0 Å². The van der Waals surface area contributed by atoms with Gasteiger partial charge >= 0.3 is 0 Å². The molecule has 0 unspecified atom stereocenters. The Labute approximate surface area is 160 Å². The van der Waals surface area contributed by atoms with Gasteiger partial charge in [-0.2, -0.15) is 0 Å². The van der Waals surface area contributed by atoms with Gasteiger partial charge in [-0.05, 0) is 35.4 Å². The average molecular weight is 374 g/mol. The molecule has 2 aromatic rings. The van der Waals surface area contributed by atoms with Crippen LogP contribution in [-0.2, 0) is 0 Å². The zero-order chi connectivity index (χ0) is 18.6. The summed E-state index contributed by atoms with van der Waals surface area (Å²) in [5.41, 5.74) is 0.722. The van der Waals surface area contributed by atoms with E-state index in [1.807, 2.05) is 12.1 Å². The van der Waals surface area contributed by atoms with Crippen LogP contribution in [0.25, 0.3) is 0 Å². The van der Waals surface area contributed by atoms with Crippen molar-refractivity contribution in [3.05, 3.63) is 35.9 Å². The van der Waals surface area contributed by atoms with Crippen LogP contribution in [0.1, 0.15) is 63.4 Å². The number of tetrazole rings is 1. The van der Waals surface area contributed by atoms with Gasteiger partial charge in [0.1, 0.15) is 11.9 Å². The maximum atomic E-state index is 14.1. The Kier molecular flexibility index (Phi) is 5.66. The normalized spacial score (nSPS) is 20.3. The Morgan fingerprint density at radius 3 is 2.63 bits per heavy atom. The molecule has 2 heterocycles. The summed E-state index contributed by atoms with van der Waals surface area (Å²) in [5, 5.41) is 12.8. The van der Waals surface area contributed by atoms with Crippen LogP contribution in [0.15, 0.2) is 24.3 Å². The SMILES string of the molecule is CCC[C@H](c1nnnn1C1CCCC1)[NH+]1CCN(c2ccccc2F)CC1. The van der Waals surface area contributed by atoms with Crippen LogP contribution >= 0.6 is 0 Å². The predicted molar refractivity (Wildman–Crippen MR) is 102 cm³/mol. The summed E-state index contributed by atoms with van der Waals surface area (Å²) < 4.78 is 16.2. The summed E-state index contributed by atoms with van der Waals surface area (Å²) in [6.45, 7) is 5.92. The lowest BCUT2D eigenvalue weighted by Crippen LogP contribution is -3.15. The van der Waals surface area contributed by atoms with Crippen LogP contribution in [0.4, 0.5) is 10.1 Å². The van der Waals surface area contributed by atoms with E-state index in [1.165, 1.54) is 30.6 Å². The molecule has 0 radical (unpaired) electrons. The minimum atomic E-state index is -0.128. The zero-order valence-corrected chi connectivity index (χ0v) is 16.1. The second-order valence-corrected chi connectivity index (χ2v) is 7.86. The molecule has 0 amide bonds. The van der Waals surface area contributed by atoms with Gasteiger partial charge in [-0.15, -0.1) is 5.10 Å². The van der Waals surface area contributed by atoms with E-state index in [1.54, 1.807) is 12.1 Å². The smallest absolute Gasteiger partial charge is 0.209 e. The van der Waals surface area contributed by atoms with Crippen molar-refractivity contribution >= 4 is 5.69 Å². The fourth-order valence-corrected chi connectivity index (χ4v) is 4.73. The van der Waals surface area contributed by atoms with Crippen molar-refractivity contribution in [2.24, 2.45) is 0 Å². The number of halogens is 1. The molecule has 1 saturated heterocycles. The highest BCUT2D eigenvalue weighted by Gasteiger charge is 2.34. The Balaban J connectivity index is 1.48. The summed E-state index contributed by atoms with van der Waals surface area (Å²) in [5.74, 6) is 0.925. The molecule has 2 fully saturated rings. The highest BCUT2D eigenvalue weighted by Crippen LogP contribution is 2.30. The molecule has 1 atom stereocenters. The molecule has 1 aliphatic carbocycles. The van der Waals surface area contributed by atoms with E-state index in [0.717, 1.165) is 50.5 Å². The van der Waals surface area contributed by atoms with E-state index in [0.29, 0.717) is 12.1 Å². The fourth-order valence-electron chi connectivity index (χ4n) is 4.73. The van der Waals surface area contributed by atoms with Gasteiger partial charge in [0.05, 0.1) is 37.9 Å². The van der Waals surface area contributed by atoms with Gasteiger partial charge in [-0.1, -0.05) is 38.3 Å². The molecule has 1 aromatic heterocycles. The summed E-state index contributed by atoms with van der Waals surface area (Å²) >= 11 is 0. The molecule has 7 heteroatoms. The number of nitrogens with zero attached hydrogens (tertiary/aromatic N) is 5. The number of hydrogen-bond donors (Lipinski definition) is 1. The Morgan fingerprint density at radius 2 is 1.93 bits per heavy atom. The van der Waals surface area contributed by atoms with E-state index in [2.05, 4.69) is 32.0 Å². The number of nitrogens with one attached hydrogen (secondary N) is 1. The molecular formula is C20H30FN6+. The number of para-hydroxylation sites is 1. The van der Waals surface area contributed by atoms with E-state index in [-0.39, 0.29) is 5.82 Å². The van der Waals surface area contributed by atoms with Crippen LogP contribution in [0.3, 0.4) is 0 Å². The predicted octanol–water partition coefficient (Wildman–Crippen LogP) is 2.17. The maximum absolute atomic E-state index is 14.1. The summed E-state index contributed by atoms with van der Waals surface area (Å²) in [7, 11) is 0. The highest BCUT2D eigenvalue weighted by atomic mass is 19.1. The minimum absolute atomic E-state index is 0.128. The van der Waals surface area contributed by atoms with E-state index in [9.17, 15) is 4.39 Å². The maximum Gasteiger partial charge on any atom is 0.209 e. The molecular weight excluding hydrogens is 343 g/mol. The lowest BCUT2D eigenvalue weighted by Gasteiger charge is -2.37. The minimum Gasteiger partial charge on any atom is -0.358 e. The third-order valence-electron chi connectivity index (χ3n) is 6.17. The quantitative estimate of drug-likeness (QED) is 0.843. The van der Waals surface area contributed by atoms with E-state index in [4.69, 9.17) is 0 Å². The molecule has 27 heavy (non-hydrogen) atoms. The first kappa shape index (κ1) is 18.3. The van der Waals surface area contributed by atoms with Crippen molar-refractivity contribution in [3.63, 3.8) is 0 Å². The molecule has 1 N–H and O–H groups in total. The fraction of sp³-hybridized carbons (Fsp3) is 0.650. The number of hydrogen-bond acceptors (Lipinski definition) is 4. The second-order valence-electron chi connectivity index (χ2n) is 7.86. The van der Waals surface area contributed by atoms with Crippen molar-refractivity contribution in [1.29, 1.82) is 0 Å². The first-order valence-corrected chi connectivity index (χ1v) is 10.4. The van der Waals surface area contributed by atoms with Gasteiger partial charge in [-0.3, -0.25) is 0 Å². The molecule has 1 aromatic carbocycles. The molecule has 6 nitrogen and oxygen atoms in total. The largest absolute Gasteiger partial charge is 0.358 e. The lowest BCUT2D eigenvalue weighted by molar-refractivity contribution is -0.933. The molecule has 146 valence electrons. The summed E-state index contributed by atoms with van der Waals surface area (Å²) in [6, 6.07) is 7.88. The Bertz CT molecular complexity index is 734. The lowest BCUT2D eigenvalue weighted by atomic mass is 10.1. The van der Waals surface area contributed by atoms with Gasteiger partial charge in [0.15, 0.2) is 0 Å². The molecule has 1 saturated carbocycles. The first-order chi connectivity index (χ1) is 13.3. The number of quaternary nitrogens is 1. The molecule has 0 bridgehead atoms. The molecule has 0 spiro atoms. The average Bonchev–Trinajstić information content (AvgIpc) is 3.38. The molecule has 4 rings (SSSR count). The van der Waals surface area contributed by atoms with Crippen LogP contribution in [0.5, 0.6) is 0 Å². The van der Waals surface area contributed by atoms with Crippen LogP contribution in [0, 0.1) is 5.82 Å². The standard InChI is InChI=1S/C20H29FN6/c1-2-7-19(20-22-23-24-27(20)16-8-3-4-9-16)26-14-12-25(13-15-26)18-11-6-5-10-17(18)21/h5-6,10-11,16,19H,2-4,7-9,12-15H2,1H3/p+1/t19-/m1/s1. The van der Waals surface area contributed by atoms with Crippen molar-refractivity contribution in [1.82, 2.24) is 20.2 Å². The van der Waals surface area contributed by atoms with Crippen LogP contribution in [-0.4, -0.2) is 46.4 Å². The van der Waals surface area contributed by atoms with Gasteiger partial charge in [0.25, 0.3) is 0 Å². The first-order valence-electron chi connectivity index (χ1n) is 10.4. The van der Waals surface area contributed by atoms with Crippen LogP contribution < -0.4 is 9.80 Å². The third-order valence-corrected chi connectivity index (χ3v) is 6.17. The van der Waals surface area contributed by atoms with E-state index < -0.39 is 0 Å². The number of anilines is 1. The molecule has 1 aliphatic heterocycles. The van der Waals surface area contributed by atoms with Crippen molar-refractivity contribution in [2.75, 3.05) is 31.1 Å². The van der Waals surface area contributed by atoms with Crippen molar-refractivity contribution in [2.45, 2.75) is 57.5 Å². The molecule has 2 aliphatic rings. The van der Waals surface area contributed by atoms with Crippen molar-refractivity contribution < 1.29 is 9.29 Å². The summed E-state index contributed by atoms with van der Waals surface area (Å²) in [6.07, 6.45) is 7.12. The Hall–Kier alpha value is -2.02. The van der Waals surface area contributed by atoms with E-state index >= 15 is 0 Å². The number of benzene rings is 1. The topological polar surface area (TPSA) is 51.3 Å². The monoisotopic (exact) mass is 373 g/mol. The van der Waals surface area contributed by atoms with Crippen LogP contribution in [0.2, 0.25) is 0 Å². The van der Waals surface area contributed by atoms with Gasteiger partial charge in [0.2, 0.25) is 5.82 Å². The summed E-state index contributed by atoms with van der Waals surface area (Å²) in [4.78, 5) is 3.69.